The van der Waals surface area contributed by atoms with E-state index in [2.05, 4.69) is 10.6 Å². The van der Waals surface area contributed by atoms with Crippen LogP contribution >= 0.6 is 0 Å². The molecule has 0 saturated carbocycles. The van der Waals surface area contributed by atoms with Crippen LogP contribution in [0.15, 0.2) is 18.2 Å². The SMILES string of the molecule is CC(NC(N)=O)NC(C)(O)C(C)(C)c1cccc(C(=O)O)c1F. The number of nitrogens with one attached hydrogen (secondary N) is 2. The lowest BCUT2D eigenvalue weighted by Gasteiger charge is -2.43. The zero-order valence-corrected chi connectivity index (χ0v) is 13.5. The van der Waals surface area contributed by atoms with Crippen LogP contribution in [0.1, 0.15) is 43.6 Å². The number of halogens is 1. The van der Waals surface area contributed by atoms with E-state index in [0.29, 0.717) is 0 Å². The van der Waals surface area contributed by atoms with Crippen LogP contribution in [0.3, 0.4) is 0 Å². The zero-order chi connectivity index (χ0) is 18.0. The molecule has 6 N–H and O–H groups in total. The molecule has 23 heavy (non-hydrogen) atoms. The molecule has 8 heteroatoms. The highest BCUT2D eigenvalue weighted by Gasteiger charge is 2.43. The van der Waals surface area contributed by atoms with Crippen LogP contribution in [0.2, 0.25) is 0 Å². The van der Waals surface area contributed by atoms with Crippen molar-refractivity contribution in [3.05, 3.63) is 35.1 Å². The Hall–Kier alpha value is -2.19. The van der Waals surface area contributed by atoms with Gasteiger partial charge in [0.1, 0.15) is 11.5 Å². The minimum atomic E-state index is -1.67. The third kappa shape index (κ3) is 3.96. The lowest BCUT2D eigenvalue weighted by molar-refractivity contribution is -0.0508. The first kappa shape index (κ1) is 18.9. The van der Waals surface area contributed by atoms with Crippen molar-refractivity contribution in [2.45, 2.75) is 45.0 Å². The molecule has 0 bridgehead atoms. The fourth-order valence-corrected chi connectivity index (χ4v) is 2.29. The van der Waals surface area contributed by atoms with Crippen LogP contribution in [-0.4, -0.2) is 34.1 Å². The van der Waals surface area contributed by atoms with Crippen LogP contribution in [0.4, 0.5) is 9.18 Å². The van der Waals surface area contributed by atoms with Gasteiger partial charge in [0.05, 0.1) is 11.7 Å². The summed E-state index contributed by atoms with van der Waals surface area (Å²) in [6.45, 7) is 6.07. The molecule has 1 rings (SSSR count). The standard InChI is InChI=1S/C15H22FN3O4/c1-8(18-13(17)22)19-15(4,23)14(2,3)10-7-5-6-9(11(10)16)12(20)21/h5-8,19,23H,1-4H3,(H,20,21)(H3,17,18,22). The molecule has 2 atom stereocenters. The first-order valence-corrected chi connectivity index (χ1v) is 6.98. The summed E-state index contributed by atoms with van der Waals surface area (Å²) in [5, 5.41) is 24.8. The van der Waals surface area contributed by atoms with E-state index >= 15 is 0 Å². The number of carboxylic acid groups (broad SMARTS) is 1. The number of aliphatic hydroxyl groups is 1. The molecule has 0 fully saturated rings. The molecule has 2 unspecified atom stereocenters. The number of benzene rings is 1. The van der Waals surface area contributed by atoms with Crippen molar-refractivity contribution in [3.8, 4) is 0 Å². The van der Waals surface area contributed by atoms with Crippen LogP contribution in [0.5, 0.6) is 0 Å². The maximum absolute atomic E-state index is 14.5. The average Bonchev–Trinajstić information content (AvgIpc) is 2.36. The number of hydrogen-bond donors (Lipinski definition) is 5. The Balaban J connectivity index is 3.21. The monoisotopic (exact) mass is 327 g/mol. The Kier molecular flexibility index (Phi) is 5.34. The first-order chi connectivity index (χ1) is 10.4. The van der Waals surface area contributed by atoms with E-state index in [1.165, 1.54) is 19.1 Å². The number of rotatable bonds is 6. The second kappa shape index (κ2) is 6.51. The predicted octanol–water partition coefficient (Wildman–Crippen LogP) is 1.11. The predicted molar refractivity (Wildman–Crippen MR) is 82.3 cm³/mol. The van der Waals surface area contributed by atoms with Gasteiger partial charge in [-0.2, -0.15) is 0 Å². The molecule has 0 spiro atoms. The summed E-state index contributed by atoms with van der Waals surface area (Å²) in [5.74, 6) is -2.31. The van der Waals surface area contributed by atoms with Crippen molar-refractivity contribution in [2.24, 2.45) is 5.73 Å². The second-order valence-corrected chi connectivity index (χ2v) is 6.04. The highest BCUT2D eigenvalue weighted by atomic mass is 19.1. The molecule has 0 saturated heterocycles. The van der Waals surface area contributed by atoms with E-state index < -0.39 is 40.7 Å². The normalized spacial score (nSPS) is 15.6. The number of carboxylic acids is 1. The fourth-order valence-electron chi connectivity index (χ4n) is 2.29. The van der Waals surface area contributed by atoms with Crippen molar-refractivity contribution in [2.75, 3.05) is 0 Å². The Labute approximate surface area is 133 Å². The molecule has 2 amide bonds. The lowest BCUT2D eigenvalue weighted by atomic mass is 9.74. The van der Waals surface area contributed by atoms with Crippen molar-refractivity contribution >= 4 is 12.0 Å². The van der Waals surface area contributed by atoms with Gasteiger partial charge in [-0.1, -0.05) is 26.0 Å². The maximum Gasteiger partial charge on any atom is 0.338 e. The fraction of sp³-hybridized carbons (Fsp3) is 0.467. The summed E-state index contributed by atoms with van der Waals surface area (Å²) in [5.41, 5.74) is 1.68. The van der Waals surface area contributed by atoms with Gasteiger partial charge in [-0.05, 0) is 25.5 Å². The summed E-state index contributed by atoms with van der Waals surface area (Å²) in [7, 11) is 0. The van der Waals surface area contributed by atoms with E-state index in [1.54, 1.807) is 20.8 Å². The third-order valence-electron chi connectivity index (χ3n) is 3.98. The molecule has 0 aliphatic rings. The quantitative estimate of drug-likeness (QED) is 0.501. The van der Waals surface area contributed by atoms with Crippen LogP contribution < -0.4 is 16.4 Å². The number of aromatic carboxylic acids is 1. The topological polar surface area (TPSA) is 125 Å². The van der Waals surface area contributed by atoms with Gasteiger partial charge < -0.3 is 21.3 Å². The third-order valence-corrected chi connectivity index (χ3v) is 3.98. The Morgan fingerprint density at radius 1 is 1.30 bits per heavy atom. The van der Waals surface area contributed by atoms with E-state index in [1.807, 2.05) is 0 Å². The maximum atomic E-state index is 14.5. The molecular formula is C15H22FN3O4. The molecule has 0 heterocycles. The van der Waals surface area contributed by atoms with Crippen molar-refractivity contribution in [1.29, 1.82) is 0 Å². The summed E-state index contributed by atoms with van der Waals surface area (Å²) in [6, 6.07) is 3.18. The molecule has 1 aromatic rings. The molecule has 1 aromatic carbocycles. The zero-order valence-electron chi connectivity index (χ0n) is 13.5. The van der Waals surface area contributed by atoms with Gasteiger partial charge in [0.15, 0.2) is 0 Å². The number of hydrogen-bond acceptors (Lipinski definition) is 4. The van der Waals surface area contributed by atoms with Gasteiger partial charge >= 0.3 is 12.0 Å². The summed E-state index contributed by atoms with van der Waals surface area (Å²) in [4.78, 5) is 21.9. The largest absolute Gasteiger partial charge is 0.478 e. The number of carbonyl (C=O) groups is 2. The Bertz CT molecular complexity index is 617. The highest BCUT2D eigenvalue weighted by molar-refractivity contribution is 5.88. The molecular weight excluding hydrogens is 305 g/mol. The number of amides is 2. The average molecular weight is 327 g/mol. The van der Waals surface area contributed by atoms with E-state index in [-0.39, 0.29) is 5.56 Å². The molecule has 0 aliphatic carbocycles. The lowest BCUT2D eigenvalue weighted by Crippen LogP contribution is -2.62. The van der Waals surface area contributed by atoms with Crippen LogP contribution in [0, 0.1) is 5.82 Å². The summed E-state index contributed by atoms with van der Waals surface area (Å²) < 4.78 is 14.5. The van der Waals surface area contributed by atoms with Crippen molar-refractivity contribution in [1.82, 2.24) is 10.6 Å². The van der Waals surface area contributed by atoms with Gasteiger partial charge in [0.2, 0.25) is 0 Å². The molecule has 7 nitrogen and oxygen atoms in total. The van der Waals surface area contributed by atoms with E-state index in [9.17, 15) is 19.1 Å². The minimum Gasteiger partial charge on any atom is -0.478 e. The number of nitrogens with two attached hydrogens (primary N) is 1. The Morgan fingerprint density at radius 2 is 1.87 bits per heavy atom. The number of carbonyl (C=O) groups excluding carboxylic acids is 1. The molecule has 128 valence electrons. The van der Waals surface area contributed by atoms with Crippen LogP contribution in [-0.2, 0) is 5.41 Å². The van der Waals surface area contributed by atoms with Gasteiger partial charge in [0.25, 0.3) is 0 Å². The van der Waals surface area contributed by atoms with Crippen molar-refractivity contribution < 1.29 is 24.2 Å². The second-order valence-electron chi connectivity index (χ2n) is 6.04. The Morgan fingerprint density at radius 3 is 2.35 bits per heavy atom. The van der Waals surface area contributed by atoms with Gasteiger partial charge in [-0.15, -0.1) is 0 Å². The highest BCUT2D eigenvalue weighted by Crippen LogP contribution is 2.36. The van der Waals surface area contributed by atoms with E-state index in [0.717, 1.165) is 6.07 Å². The van der Waals surface area contributed by atoms with Crippen LogP contribution in [0.25, 0.3) is 0 Å². The molecule has 0 aromatic heterocycles. The number of urea groups is 1. The summed E-state index contributed by atoms with van der Waals surface area (Å²) >= 11 is 0. The van der Waals surface area contributed by atoms with E-state index in [4.69, 9.17) is 10.8 Å². The minimum absolute atomic E-state index is 0.0289. The first-order valence-electron chi connectivity index (χ1n) is 6.98. The summed E-state index contributed by atoms with van der Waals surface area (Å²) in [6.07, 6.45) is -0.688. The van der Waals surface area contributed by atoms with Gasteiger partial charge in [-0.3, -0.25) is 5.32 Å². The van der Waals surface area contributed by atoms with Crippen molar-refractivity contribution in [3.63, 3.8) is 0 Å². The molecule has 0 aliphatic heterocycles. The van der Waals surface area contributed by atoms with Gasteiger partial charge in [0, 0.05) is 5.41 Å². The molecule has 0 radical (unpaired) electrons. The van der Waals surface area contributed by atoms with Gasteiger partial charge in [-0.25, -0.2) is 14.0 Å². The smallest absolute Gasteiger partial charge is 0.338 e. The number of primary amides is 1.